The maximum Gasteiger partial charge on any atom is 0.255 e. The normalized spacial score (nSPS) is 13.9. The molecule has 1 aliphatic rings. The molecule has 148 valence electrons. The van der Waals surface area contributed by atoms with Crippen LogP contribution >= 0.6 is 23.2 Å². The first-order valence-corrected chi connectivity index (χ1v) is 9.61. The van der Waals surface area contributed by atoms with Gasteiger partial charge in [-0.15, -0.1) is 0 Å². The number of hydrogen-bond donors (Lipinski definition) is 2. The van der Waals surface area contributed by atoms with Gasteiger partial charge in [-0.1, -0.05) is 35.3 Å². The summed E-state index contributed by atoms with van der Waals surface area (Å²) in [5, 5.41) is 6.56. The van der Waals surface area contributed by atoms with Crippen molar-refractivity contribution in [1.29, 1.82) is 0 Å². The van der Waals surface area contributed by atoms with Crippen LogP contribution in [0.25, 0.3) is 0 Å². The van der Waals surface area contributed by atoms with E-state index in [4.69, 9.17) is 27.9 Å². The van der Waals surface area contributed by atoms with E-state index >= 15 is 0 Å². The lowest BCUT2D eigenvalue weighted by Gasteiger charge is -2.26. The van der Waals surface area contributed by atoms with Gasteiger partial charge in [0.05, 0.1) is 34.4 Å². The summed E-state index contributed by atoms with van der Waals surface area (Å²) in [6, 6.07) is 8.44. The highest BCUT2D eigenvalue weighted by Gasteiger charge is 2.19. The fraction of sp³-hybridized carbons (Fsp3) is 0.316. The van der Waals surface area contributed by atoms with E-state index < -0.39 is 0 Å². The van der Waals surface area contributed by atoms with Crippen molar-refractivity contribution in [2.45, 2.75) is 0 Å². The van der Waals surface area contributed by atoms with Gasteiger partial charge in [-0.2, -0.15) is 0 Å². The summed E-state index contributed by atoms with van der Waals surface area (Å²) in [4.78, 5) is 30.5. The maximum absolute atomic E-state index is 12.5. The Balaban J connectivity index is 1.50. The number of amides is 2. The Labute approximate surface area is 173 Å². The van der Waals surface area contributed by atoms with Gasteiger partial charge in [-0.3, -0.25) is 9.59 Å². The Morgan fingerprint density at radius 1 is 1.11 bits per heavy atom. The smallest absolute Gasteiger partial charge is 0.255 e. The predicted molar refractivity (Wildman–Crippen MR) is 108 cm³/mol. The minimum absolute atomic E-state index is 0.115. The van der Waals surface area contributed by atoms with Crippen LogP contribution in [0, 0.1) is 0 Å². The molecule has 9 heteroatoms. The molecule has 28 heavy (non-hydrogen) atoms. The summed E-state index contributed by atoms with van der Waals surface area (Å²) in [5.74, 6) is 0.0846. The van der Waals surface area contributed by atoms with E-state index in [2.05, 4.69) is 15.6 Å². The van der Waals surface area contributed by atoms with Gasteiger partial charge < -0.3 is 20.3 Å². The Morgan fingerprint density at radius 2 is 1.86 bits per heavy atom. The van der Waals surface area contributed by atoms with E-state index in [1.807, 2.05) is 0 Å². The Bertz CT molecular complexity index is 857. The zero-order valence-electron chi connectivity index (χ0n) is 15.1. The van der Waals surface area contributed by atoms with E-state index in [9.17, 15) is 9.59 Å². The molecule has 0 atom stereocenters. The zero-order valence-corrected chi connectivity index (χ0v) is 16.6. The molecular formula is C19H20Cl2N4O3. The quantitative estimate of drug-likeness (QED) is 0.699. The molecule has 1 aromatic heterocycles. The number of aromatic nitrogens is 1. The number of morpholine rings is 1. The van der Waals surface area contributed by atoms with Crippen molar-refractivity contribution in [3.8, 4) is 0 Å². The molecule has 1 saturated heterocycles. The molecule has 2 aromatic rings. The molecule has 3 rings (SSSR count). The van der Waals surface area contributed by atoms with Crippen molar-refractivity contribution in [2.24, 2.45) is 0 Å². The zero-order chi connectivity index (χ0) is 19.9. The number of carbonyl (C=O) groups excluding carboxylic acids is 2. The molecule has 0 aliphatic carbocycles. The Kier molecular flexibility index (Phi) is 7.08. The van der Waals surface area contributed by atoms with Crippen molar-refractivity contribution in [3.63, 3.8) is 0 Å². The second-order valence-electron chi connectivity index (χ2n) is 6.12. The van der Waals surface area contributed by atoms with Crippen LogP contribution in [0.2, 0.25) is 10.0 Å². The SMILES string of the molecule is O=C(NCCNc1ncc(C(=O)N2CCOCC2)cc1Cl)c1ccccc1Cl. The van der Waals surface area contributed by atoms with Gasteiger partial charge in [0, 0.05) is 32.4 Å². The van der Waals surface area contributed by atoms with Crippen LogP contribution in [0.15, 0.2) is 36.5 Å². The molecule has 7 nitrogen and oxygen atoms in total. The van der Waals surface area contributed by atoms with Gasteiger partial charge in [-0.05, 0) is 18.2 Å². The fourth-order valence-corrected chi connectivity index (χ4v) is 3.19. The topological polar surface area (TPSA) is 83.6 Å². The fourth-order valence-electron chi connectivity index (χ4n) is 2.73. The number of ether oxygens (including phenoxy) is 1. The lowest BCUT2D eigenvalue weighted by Crippen LogP contribution is -2.40. The molecule has 2 N–H and O–H groups in total. The summed E-state index contributed by atoms with van der Waals surface area (Å²) in [7, 11) is 0. The second-order valence-corrected chi connectivity index (χ2v) is 6.94. The second kappa shape index (κ2) is 9.73. The number of benzene rings is 1. The van der Waals surface area contributed by atoms with E-state index in [-0.39, 0.29) is 11.8 Å². The molecular weight excluding hydrogens is 403 g/mol. The molecule has 2 heterocycles. The first kappa shape index (κ1) is 20.4. The molecule has 1 fully saturated rings. The van der Waals surface area contributed by atoms with Crippen LogP contribution in [0.3, 0.4) is 0 Å². The lowest BCUT2D eigenvalue weighted by molar-refractivity contribution is 0.0302. The summed E-state index contributed by atoms with van der Waals surface area (Å²) in [6.07, 6.45) is 1.49. The molecule has 1 aromatic carbocycles. The van der Waals surface area contributed by atoms with Gasteiger partial charge in [0.25, 0.3) is 11.8 Å². The summed E-state index contributed by atoms with van der Waals surface area (Å²) >= 11 is 12.2. The highest BCUT2D eigenvalue weighted by molar-refractivity contribution is 6.34. The number of halogens is 2. The van der Waals surface area contributed by atoms with Crippen molar-refractivity contribution in [3.05, 3.63) is 57.7 Å². The van der Waals surface area contributed by atoms with E-state index in [1.165, 1.54) is 6.20 Å². The number of pyridine rings is 1. The van der Waals surface area contributed by atoms with Gasteiger partial charge >= 0.3 is 0 Å². The largest absolute Gasteiger partial charge is 0.378 e. The third-order valence-corrected chi connectivity index (χ3v) is 4.83. The van der Waals surface area contributed by atoms with Crippen LogP contribution in [0.4, 0.5) is 5.82 Å². The van der Waals surface area contributed by atoms with Gasteiger partial charge in [0.15, 0.2) is 0 Å². The van der Waals surface area contributed by atoms with Crippen molar-refractivity contribution in [2.75, 3.05) is 44.7 Å². The highest BCUT2D eigenvalue weighted by atomic mass is 35.5. The maximum atomic E-state index is 12.5. The molecule has 1 aliphatic heterocycles. The van der Waals surface area contributed by atoms with E-state index in [0.717, 1.165) is 0 Å². The average molecular weight is 423 g/mol. The monoisotopic (exact) mass is 422 g/mol. The number of carbonyl (C=O) groups is 2. The van der Waals surface area contributed by atoms with Gasteiger partial charge in [0.2, 0.25) is 0 Å². The summed E-state index contributed by atoms with van der Waals surface area (Å²) in [6.45, 7) is 2.96. The number of rotatable bonds is 6. The van der Waals surface area contributed by atoms with Gasteiger partial charge in [0.1, 0.15) is 5.82 Å². The summed E-state index contributed by atoms with van der Waals surface area (Å²) < 4.78 is 5.25. The lowest BCUT2D eigenvalue weighted by atomic mass is 10.2. The molecule has 0 saturated carbocycles. The standard InChI is InChI=1S/C19H20Cl2N4O3/c20-15-4-2-1-3-14(15)18(26)23-6-5-22-17-16(21)11-13(12-24-17)19(27)25-7-9-28-10-8-25/h1-4,11-12H,5-10H2,(H,22,24)(H,23,26). The van der Waals surface area contributed by atoms with Crippen LogP contribution < -0.4 is 10.6 Å². The Morgan fingerprint density at radius 3 is 2.57 bits per heavy atom. The highest BCUT2D eigenvalue weighted by Crippen LogP contribution is 2.21. The summed E-state index contributed by atoms with van der Waals surface area (Å²) in [5.41, 5.74) is 0.857. The minimum atomic E-state index is -0.252. The van der Waals surface area contributed by atoms with E-state index in [1.54, 1.807) is 35.2 Å². The predicted octanol–water partition coefficient (Wildman–Crippen LogP) is 2.70. The molecule has 0 spiro atoms. The first-order chi connectivity index (χ1) is 13.6. The van der Waals surface area contributed by atoms with Crippen LogP contribution in [-0.4, -0.2) is 61.1 Å². The number of nitrogens with zero attached hydrogens (tertiary/aromatic N) is 2. The number of nitrogens with one attached hydrogen (secondary N) is 2. The van der Waals surface area contributed by atoms with Crippen LogP contribution in [-0.2, 0) is 4.74 Å². The molecule has 2 amide bonds. The third-order valence-electron chi connectivity index (χ3n) is 4.21. The van der Waals surface area contributed by atoms with Crippen molar-refractivity contribution in [1.82, 2.24) is 15.2 Å². The number of anilines is 1. The van der Waals surface area contributed by atoms with Crippen LogP contribution in [0.5, 0.6) is 0 Å². The number of hydrogen-bond acceptors (Lipinski definition) is 5. The minimum Gasteiger partial charge on any atom is -0.378 e. The molecule has 0 bridgehead atoms. The molecule has 0 radical (unpaired) electrons. The van der Waals surface area contributed by atoms with Crippen molar-refractivity contribution >= 4 is 40.8 Å². The third kappa shape index (κ3) is 5.13. The van der Waals surface area contributed by atoms with E-state index in [0.29, 0.717) is 66.4 Å². The first-order valence-electron chi connectivity index (χ1n) is 8.85. The van der Waals surface area contributed by atoms with Crippen molar-refractivity contribution < 1.29 is 14.3 Å². The molecule has 0 unspecified atom stereocenters. The van der Waals surface area contributed by atoms with Crippen LogP contribution in [0.1, 0.15) is 20.7 Å². The Hall–Kier alpha value is -2.35. The average Bonchev–Trinajstić information content (AvgIpc) is 2.72. The van der Waals surface area contributed by atoms with Gasteiger partial charge in [-0.25, -0.2) is 4.98 Å².